The molecule has 0 fully saturated rings. The molecule has 0 unspecified atom stereocenters. The van der Waals surface area contributed by atoms with Gasteiger partial charge in [-0.05, 0) is 30.7 Å². The highest BCUT2D eigenvalue weighted by atomic mass is 19.4. The number of hydrogen-bond donors (Lipinski definition) is 2. The number of hydrogen-bond acceptors (Lipinski definition) is 5. The van der Waals surface area contributed by atoms with Crippen molar-refractivity contribution in [2.45, 2.75) is 19.5 Å². The molecule has 4 rings (SSSR count). The van der Waals surface area contributed by atoms with Gasteiger partial charge in [-0.3, -0.25) is 0 Å². The summed E-state index contributed by atoms with van der Waals surface area (Å²) in [5, 5.41) is 6.64. The molecular weight excluding hydrogens is 472 g/mol. The number of alkyl halides is 3. The van der Waals surface area contributed by atoms with Gasteiger partial charge in [0.1, 0.15) is 22.9 Å². The van der Waals surface area contributed by atoms with E-state index in [0.717, 1.165) is 12.5 Å². The van der Waals surface area contributed by atoms with Gasteiger partial charge in [0.2, 0.25) is 0 Å². The highest BCUT2D eigenvalue weighted by Gasteiger charge is 2.34. The first-order chi connectivity index (χ1) is 17.2. The van der Waals surface area contributed by atoms with Gasteiger partial charge in [-0.25, -0.2) is 14.4 Å². The summed E-state index contributed by atoms with van der Waals surface area (Å²) in [7, 11) is 1.45. The van der Waals surface area contributed by atoms with Crippen LogP contribution in [0.3, 0.4) is 0 Å². The Morgan fingerprint density at radius 3 is 2.47 bits per heavy atom. The van der Waals surface area contributed by atoms with E-state index in [9.17, 15) is 17.6 Å². The molecule has 1 aromatic heterocycles. The van der Waals surface area contributed by atoms with Crippen molar-refractivity contribution in [1.82, 2.24) is 9.97 Å². The second-order valence-electron chi connectivity index (χ2n) is 7.99. The van der Waals surface area contributed by atoms with Gasteiger partial charge < -0.3 is 15.4 Å². The molecule has 1 heterocycles. The predicted octanol–water partition coefficient (Wildman–Crippen LogP) is 7.37. The Kier molecular flexibility index (Phi) is 7.10. The second-order valence-corrected chi connectivity index (χ2v) is 7.99. The standard InChI is InChI=1S/C27H24F4N4O/c1-4-15-32-23-17(10-7-13-21(23)28)16(2)33-26-19-11-8-14-22(36-3)24(19)34-25(35-26)18-9-5-6-12-20(18)27(29,30)31/h5-14,32H,2,4,15H2,1,3H3,(H,33,34,35). The van der Waals surface area contributed by atoms with Gasteiger partial charge in [0, 0.05) is 28.8 Å². The maximum atomic E-state index is 14.6. The van der Waals surface area contributed by atoms with E-state index in [2.05, 4.69) is 27.2 Å². The van der Waals surface area contributed by atoms with Gasteiger partial charge in [-0.15, -0.1) is 0 Å². The van der Waals surface area contributed by atoms with Crippen molar-refractivity contribution in [2.75, 3.05) is 24.3 Å². The molecule has 0 bridgehead atoms. The molecular formula is C27H24F4N4O. The Labute approximate surface area is 205 Å². The topological polar surface area (TPSA) is 59.1 Å². The van der Waals surface area contributed by atoms with Crippen molar-refractivity contribution in [3.05, 3.63) is 84.2 Å². The number of methoxy groups -OCH3 is 1. The van der Waals surface area contributed by atoms with E-state index >= 15 is 0 Å². The molecule has 0 saturated carbocycles. The number of nitrogens with zero attached hydrogens (tertiary/aromatic N) is 2. The van der Waals surface area contributed by atoms with Crippen molar-refractivity contribution in [2.24, 2.45) is 0 Å². The third kappa shape index (κ3) is 4.95. The van der Waals surface area contributed by atoms with Crippen LogP contribution >= 0.6 is 0 Å². The number of nitrogens with one attached hydrogen (secondary N) is 2. The normalized spacial score (nSPS) is 11.4. The summed E-state index contributed by atoms with van der Waals surface area (Å²) in [4.78, 5) is 8.87. The summed E-state index contributed by atoms with van der Waals surface area (Å²) < 4.78 is 61.3. The van der Waals surface area contributed by atoms with Crippen LogP contribution in [0.25, 0.3) is 28.0 Å². The third-order valence-electron chi connectivity index (χ3n) is 5.54. The molecule has 36 heavy (non-hydrogen) atoms. The number of aromatic nitrogens is 2. The molecule has 2 N–H and O–H groups in total. The summed E-state index contributed by atoms with van der Waals surface area (Å²) in [5.41, 5.74) is 0.334. The van der Waals surface area contributed by atoms with E-state index in [1.807, 2.05) is 6.92 Å². The van der Waals surface area contributed by atoms with Crippen molar-refractivity contribution in [1.29, 1.82) is 0 Å². The minimum Gasteiger partial charge on any atom is -0.494 e. The van der Waals surface area contributed by atoms with Crippen LogP contribution in [0, 0.1) is 5.82 Å². The first-order valence-corrected chi connectivity index (χ1v) is 11.2. The Hall–Kier alpha value is -4.14. The smallest absolute Gasteiger partial charge is 0.417 e. The molecule has 3 aromatic carbocycles. The average molecular weight is 497 g/mol. The van der Waals surface area contributed by atoms with E-state index in [1.54, 1.807) is 30.3 Å². The van der Waals surface area contributed by atoms with Gasteiger partial charge in [-0.2, -0.15) is 13.2 Å². The van der Waals surface area contributed by atoms with Crippen LogP contribution in [0.5, 0.6) is 5.75 Å². The number of rotatable bonds is 8. The summed E-state index contributed by atoms with van der Waals surface area (Å²) in [6, 6.07) is 14.8. The van der Waals surface area contributed by atoms with E-state index in [4.69, 9.17) is 4.74 Å². The zero-order valence-corrected chi connectivity index (χ0v) is 19.7. The zero-order chi connectivity index (χ0) is 25.9. The molecule has 0 spiro atoms. The molecule has 0 aliphatic carbocycles. The first-order valence-electron chi connectivity index (χ1n) is 11.2. The van der Waals surface area contributed by atoms with E-state index in [1.165, 1.54) is 31.4 Å². The van der Waals surface area contributed by atoms with Gasteiger partial charge in [0.15, 0.2) is 5.82 Å². The lowest BCUT2D eigenvalue weighted by molar-refractivity contribution is -0.137. The fourth-order valence-electron chi connectivity index (χ4n) is 3.85. The van der Waals surface area contributed by atoms with Crippen molar-refractivity contribution < 1.29 is 22.3 Å². The van der Waals surface area contributed by atoms with Gasteiger partial charge in [-0.1, -0.05) is 49.9 Å². The van der Waals surface area contributed by atoms with Crippen LogP contribution in [0.2, 0.25) is 0 Å². The van der Waals surface area contributed by atoms with Crippen molar-refractivity contribution in [3.63, 3.8) is 0 Å². The number of para-hydroxylation sites is 2. The lowest BCUT2D eigenvalue weighted by atomic mass is 10.1. The molecule has 186 valence electrons. The summed E-state index contributed by atoms with van der Waals surface area (Å²) in [6.45, 7) is 6.56. The lowest BCUT2D eigenvalue weighted by Crippen LogP contribution is -2.10. The number of fused-ring (bicyclic) bond motifs is 1. The monoisotopic (exact) mass is 496 g/mol. The van der Waals surface area contributed by atoms with E-state index < -0.39 is 17.6 Å². The van der Waals surface area contributed by atoms with Crippen LogP contribution in [-0.2, 0) is 6.18 Å². The highest BCUT2D eigenvalue weighted by Crippen LogP contribution is 2.38. The molecule has 0 radical (unpaired) electrons. The molecule has 0 atom stereocenters. The maximum Gasteiger partial charge on any atom is 0.417 e. The Morgan fingerprint density at radius 2 is 1.75 bits per heavy atom. The number of ether oxygens (including phenoxy) is 1. The van der Waals surface area contributed by atoms with Gasteiger partial charge in [0.25, 0.3) is 0 Å². The Balaban J connectivity index is 1.88. The van der Waals surface area contributed by atoms with Crippen LogP contribution in [0.1, 0.15) is 24.5 Å². The van der Waals surface area contributed by atoms with Crippen molar-refractivity contribution >= 4 is 28.1 Å². The zero-order valence-electron chi connectivity index (χ0n) is 19.7. The minimum atomic E-state index is -4.60. The largest absolute Gasteiger partial charge is 0.494 e. The third-order valence-corrected chi connectivity index (χ3v) is 5.54. The summed E-state index contributed by atoms with van der Waals surface area (Å²) in [5.74, 6) is -0.0105. The van der Waals surface area contributed by atoms with Gasteiger partial charge >= 0.3 is 6.18 Å². The number of anilines is 2. The number of benzene rings is 3. The SMILES string of the molecule is C=C(Nc1nc(-c2ccccc2C(F)(F)F)nc2c(OC)cccc12)c1cccc(F)c1NCCC. The lowest BCUT2D eigenvalue weighted by Gasteiger charge is -2.18. The molecule has 0 amide bonds. The van der Waals surface area contributed by atoms with Crippen molar-refractivity contribution in [3.8, 4) is 17.1 Å². The summed E-state index contributed by atoms with van der Waals surface area (Å²) >= 11 is 0. The van der Waals surface area contributed by atoms with Crippen LogP contribution in [0.4, 0.5) is 29.1 Å². The van der Waals surface area contributed by atoms with E-state index in [0.29, 0.717) is 34.5 Å². The quantitative estimate of drug-likeness (QED) is 0.250. The fourth-order valence-corrected chi connectivity index (χ4v) is 3.85. The number of halogens is 4. The van der Waals surface area contributed by atoms with Crippen LogP contribution in [-0.4, -0.2) is 23.6 Å². The van der Waals surface area contributed by atoms with Gasteiger partial charge in [0.05, 0.1) is 18.4 Å². The van der Waals surface area contributed by atoms with Crippen LogP contribution < -0.4 is 15.4 Å². The molecule has 4 aromatic rings. The molecule has 0 aliphatic heterocycles. The second kappa shape index (κ2) is 10.2. The first kappa shape index (κ1) is 25.0. The maximum absolute atomic E-state index is 14.6. The fraction of sp³-hybridized carbons (Fsp3) is 0.185. The minimum absolute atomic E-state index is 0.140. The highest BCUT2D eigenvalue weighted by molar-refractivity contribution is 5.98. The average Bonchev–Trinajstić information content (AvgIpc) is 2.86. The van der Waals surface area contributed by atoms with E-state index in [-0.39, 0.29) is 22.9 Å². The Morgan fingerprint density at radius 1 is 1.00 bits per heavy atom. The summed E-state index contributed by atoms with van der Waals surface area (Å²) in [6.07, 6.45) is -3.82. The molecule has 5 nitrogen and oxygen atoms in total. The molecule has 0 aliphatic rings. The molecule has 0 saturated heterocycles. The predicted molar refractivity (Wildman–Crippen MR) is 134 cm³/mol. The van der Waals surface area contributed by atoms with Crippen LogP contribution in [0.15, 0.2) is 67.2 Å². The Bertz CT molecular complexity index is 1420. The molecule has 9 heteroatoms.